The largest absolute Gasteiger partial charge is 0.489 e. The molecule has 0 spiro atoms. The van der Waals surface area contributed by atoms with Gasteiger partial charge in [0.15, 0.2) is 0 Å². The van der Waals surface area contributed by atoms with Crippen LogP contribution in [-0.2, 0) is 0 Å². The minimum Gasteiger partial charge on any atom is -0.489 e. The lowest BCUT2D eigenvalue weighted by atomic mass is 10.2. The van der Waals surface area contributed by atoms with Gasteiger partial charge in [-0.25, -0.2) is 0 Å². The smallest absolute Gasteiger partial charge is 0.138 e. The van der Waals surface area contributed by atoms with E-state index in [4.69, 9.17) is 16.3 Å². The number of rotatable bonds is 8. The van der Waals surface area contributed by atoms with Crippen LogP contribution in [0.4, 0.5) is 0 Å². The highest BCUT2D eigenvalue weighted by Crippen LogP contribution is 2.23. The first-order valence-electron chi connectivity index (χ1n) is 7.71. The molecule has 0 bridgehead atoms. The average Bonchev–Trinajstić information content (AvgIpc) is 2.94. The molecule has 0 aliphatic carbocycles. The van der Waals surface area contributed by atoms with Crippen LogP contribution in [0.25, 0.3) is 0 Å². The third-order valence-electron chi connectivity index (χ3n) is 3.93. The number of aliphatic hydroxyl groups excluding tert-OH is 1. The second-order valence-corrected chi connectivity index (χ2v) is 5.89. The Labute approximate surface area is 132 Å². The number of likely N-dealkylation sites (tertiary alicyclic amines) is 1. The molecule has 0 saturated carbocycles. The van der Waals surface area contributed by atoms with Crippen LogP contribution >= 0.6 is 11.6 Å². The number of hydrogen-bond donors (Lipinski definition) is 2. The fourth-order valence-electron chi connectivity index (χ4n) is 2.77. The van der Waals surface area contributed by atoms with Gasteiger partial charge in [-0.05, 0) is 38.1 Å². The van der Waals surface area contributed by atoms with E-state index in [0.717, 1.165) is 13.1 Å². The molecule has 1 fully saturated rings. The molecule has 2 atom stereocenters. The average molecular weight is 313 g/mol. The monoisotopic (exact) mass is 312 g/mol. The number of ether oxygens (including phenoxy) is 1. The molecule has 2 N–H and O–H groups in total. The highest BCUT2D eigenvalue weighted by Gasteiger charge is 2.22. The zero-order chi connectivity index (χ0) is 15.1. The molecule has 1 aromatic rings. The molecule has 21 heavy (non-hydrogen) atoms. The van der Waals surface area contributed by atoms with Gasteiger partial charge in [-0.1, -0.05) is 30.7 Å². The minimum atomic E-state index is -0.530. The SMILES string of the molecule is CCN1CCCC1CNCC(O)COc1ccccc1Cl. The molecule has 0 aromatic heterocycles. The van der Waals surface area contributed by atoms with Crippen LogP contribution in [0.5, 0.6) is 5.75 Å². The number of nitrogens with zero attached hydrogens (tertiary/aromatic N) is 1. The molecule has 0 radical (unpaired) electrons. The molecule has 2 unspecified atom stereocenters. The lowest BCUT2D eigenvalue weighted by Crippen LogP contribution is -2.41. The van der Waals surface area contributed by atoms with Crippen LogP contribution in [-0.4, -0.2) is 54.9 Å². The molecule has 118 valence electrons. The minimum absolute atomic E-state index is 0.249. The van der Waals surface area contributed by atoms with E-state index in [9.17, 15) is 5.11 Å². The van der Waals surface area contributed by atoms with Gasteiger partial charge in [0.1, 0.15) is 18.5 Å². The number of likely N-dealkylation sites (N-methyl/N-ethyl adjacent to an activating group) is 1. The maximum absolute atomic E-state index is 9.95. The number of para-hydroxylation sites is 1. The third kappa shape index (κ3) is 5.15. The van der Waals surface area contributed by atoms with Crippen molar-refractivity contribution in [2.45, 2.75) is 31.9 Å². The summed E-state index contributed by atoms with van der Waals surface area (Å²) in [5.41, 5.74) is 0. The zero-order valence-electron chi connectivity index (χ0n) is 12.6. The van der Waals surface area contributed by atoms with Gasteiger partial charge in [-0.15, -0.1) is 0 Å². The fourth-order valence-corrected chi connectivity index (χ4v) is 2.96. The van der Waals surface area contributed by atoms with Crippen LogP contribution in [0.2, 0.25) is 5.02 Å². The van der Waals surface area contributed by atoms with Crippen molar-refractivity contribution >= 4 is 11.6 Å². The summed E-state index contributed by atoms with van der Waals surface area (Å²) in [6.45, 7) is 6.21. The van der Waals surface area contributed by atoms with Crippen molar-refractivity contribution in [3.63, 3.8) is 0 Å². The second-order valence-electron chi connectivity index (χ2n) is 5.48. The summed E-state index contributed by atoms with van der Waals surface area (Å²) in [4.78, 5) is 2.49. The molecular formula is C16H25ClN2O2. The number of aliphatic hydroxyl groups is 1. The van der Waals surface area contributed by atoms with Gasteiger partial charge in [0.2, 0.25) is 0 Å². The molecule has 5 heteroatoms. The molecular weight excluding hydrogens is 288 g/mol. The van der Waals surface area contributed by atoms with Gasteiger partial charge in [-0.3, -0.25) is 4.90 Å². The number of nitrogens with one attached hydrogen (secondary N) is 1. The Morgan fingerprint density at radius 3 is 3.05 bits per heavy atom. The number of halogens is 1. The number of hydrogen-bond acceptors (Lipinski definition) is 4. The van der Waals surface area contributed by atoms with Gasteiger partial charge in [0.05, 0.1) is 5.02 Å². The van der Waals surface area contributed by atoms with Gasteiger partial charge in [0, 0.05) is 19.1 Å². The van der Waals surface area contributed by atoms with Crippen LogP contribution in [0.1, 0.15) is 19.8 Å². The zero-order valence-corrected chi connectivity index (χ0v) is 13.4. The van der Waals surface area contributed by atoms with Gasteiger partial charge < -0.3 is 15.2 Å². The Kier molecular flexibility index (Phi) is 6.77. The molecule has 0 amide bonds. The van der Waals surface area contributed by atoms with Crippen molar-refractivity contribution in [1.29, 1.82) is 0 Å². The summed E-state index contributed by atoms with van der Waals surface area (Å²) in [6.07, 6.45) is 1.99. The van der Waals surface area contributed by atoms with Crippen LogP contribution in [0, 0.1) is 0 Å². The lowest BCUT2D eigenvalue weighted by molar-refractivity contribution is 0.104. The summed E-state index contributed by atoms with van der Waals surface area (Å²) < 4.78 is 5.53. The fraction of sp³-hybridized carbons (Fsp3) is 0.625. The van der Waals surface area contributed by atoms with Gasteiger partial charge in [0.25, 0.3) is 0 Å². The van der Waals surface area contributed by atoms with Crippen molar-refractivity contribution in [1.82, 2.24) is 10.2 Å². The van der Waals surface area contributed by atoms with Crippen molar-refractivity contribution < 1.29 is 9.84 Å². The first-order chi connectivity index (χ1) is 10.2. The third-order valence-corrected chi connectivity index (χ3v) is 4.25. The predicted molar refractivity (Wildman–Crippen MR) is 86.1 cm³/mol. The molecule has 1 aliphatic rings. The normalized spacial score (nSPS) is 20.6. The quantitative estimate of drug-likeness (QED) is 0.772. The second kappa shape index (κ2) is 8.59. The highest BCUT2D eigenvalue weighted by molar-refractivity contribution is 6.32. The molecule has 4 nitrogen and oxygen atoms in total. The first kappa shape index (κ1) is 16.6. The van der Waals surface area contributed by atoms with Gasteiger partial charge in [-0.2, -0.15) is 0 Å². The van der Waals surface area contributed by atoms with Crippen LogP contribution in [0.3, 0.4) is 0 Å². The predicted octanol–water partition coefficient (Wildman–Crippen LogP) is 2.15. The standard InChI is InChI=1S/C16H25ClN2O2/c1-2-19-9-5-6-13(19)10-18-11-14(20)12-21-16-8-4-3-7-15(16)17/h3-4,7-8,13-14,18,20H,2,5-6,9-12H2,1H3. The van der Waals surface area contributed by atoms with E-state index in [-0.39, 0.29) is 6.61 Å². The van der Waals surface area contributed by atoms with Crippen molar-refractivity contribution in [2.75, 3.05) is 32.8 Å². The van der Waals surface area contributed by atoms with Crippen LogP contribution < -0.4 is 10.1 Å². The van der Waals surface area contributed by atoms with Crippen LogP contribution in [0.15, 0.2) is 24.3 Å². The Balaban J connectivity index is 1.64. The summed E-state index contributed by atoms with van der Waals surface area (Å²) in [5.74, 6) is 0.617. The van der Waals surface area contributed by atoms with E-state index in [1.165, 1.54) is 19.4 Å². The maximum atomic E-state index is 9.95. The first-order valence-corrected chi connectivity index (χ1v) is 8.08. The van der Waals surface area contributed by atoms with E-state index in [1.807, 2.05) is 12.1 Å². The summed E-state index contributed by atoms with van der Waals surface area (Å²) in [7, 11) is 0. The summed E-state index contributed by atoms with van der Waals surface area (Å²) in [6, 6.07) is 7.91. The molecule has 1 saturated heterocycles. The van der Waals surface area contributed by atoms with E-state index in [1.54, 1.807) is 12.1 Å². The molecule has 2 rings (SSSR count). The Morgan fingerprint density at radius 1 is 1.48 bits per heavy atom. The van der Waals surface area contributed by atoms with E-state index in [2.05, 4.69) is 17.1 Å². The summed E-state index contributed by atoms with van der Waals surface area (Å²) in [5, 5.41) is 13.9. The lowest BCUT2D eigenvalue weighted by Gasteiger charge is -2.23. The topological polar surface area (TPSA) is 44.7 Å². The van der Waals surface area contributed by atoms with Crippen molar-refractivity contribution in [2.24, 2.45) is 0 Å². The van der Waals surface area contributed by atoms with E-state index < -0.39 is 6.10 Å². The Morgan fingerprint density at radius 2 is 2.29 bits per heavy atom. The van der Waals surface area contributed by atoms with E-state index >= 15 is 0 Å². The Hall–Kier alpha value is -0.810. The van der Waals surface area contributed by atoms with Crippen molar-refractivity contribution in [3.8, 4) is 5.75 Å². The highest BCUT2D eigenvalue weighted by atomic mass is 35.5. The Bertz CT molecular complexity index is 430. The molecule has 1 aromatic carbocycles. The maximum Gasteiger partial charge on any atom is 0.138 e. The molecule has 1 heterocycles. The van der Waals surface area contributed by atoms with Gasteiger partial charge >= 0.3 is 0 Å². The molecule has 1 aliphatic heterocycles. The van der Waals surface area contributed by atoms with Crippen molar-refractivity contribution in [3.05, 3.63) is 29.3 Å². The summed E-state index contributed by atoms with van der Waals surface area (Å²) >= 11 is 6.00. The number of benzene rings is 1. The van der Waals surface area contributed by atoms with E-state index in [0.29, 0.717) is 23.4 Å².